The third-order valence-corrected chi connectivity index (χ3v) is 3.62. The minimum atomic E-state index is 0.104. The summed E-state index contributed by atoms with van der Waals surface area (Å²) in [4.78, 5) is 14.4. The highest BCUT2D eigenvalue weighted by molar-refractivity contribution is 5.95. The van der Waals surface area contributed by atoms with Crippen LogP contribution in [0.4, 0.5) is 5.69 Å². The molecular weight excluding hydrogens is 240 g/mol. The van der Waals surface area contributed by atoms with E-state index in [1.165, 1.54) is 0 Å². The Morgan fingerprint density at radius 2 is 2.32 bits per heavy atom. The van der Waals surface area contributed by atoms with Crippen LogP contribution < -0.4 is 5.32 Å². The van der Waals surface area contributed by atoms with Crippen molar-refractivity contribution in [3.05, 3.63) is 29.3 Å². The Bertz CT molecular complexity index is 459. The van der Waals surface area contributed by atoms with Crippen LogP contribution in [0.15, 0.2) is 18.2 Å². The highest BCUT2D eigenvalue weighted by Gasteiger charge is 2.24. The van der Waals surface area contributed by atoms with E-state index in [0.717, 1.165) is 23.2 Å². The first-order valence-electron chi connectivity index (χ1n) is 6.85. The monoisotopic (exact) mass is 262 g/mol. The van der Waals surface area contributed by atoms with Crippen LogP contribution in [-0.4, -0.2) is 43.7 Å². The molecule has 1 fully saturated rings. The average molecular weight is 262 g/mol. The summed E-state index contributed by atoms with van der Waals surface area (Å²) in [5.74, 6) is 0.104. The number of benzene rings is 1. The fourth-order valence-electron chi connectivity index (χ4n) is 2.41. The van der Waals surface area contributed by atoms with Gasteiger partial charge >= 0.3 is 0 Å². The molecule has 0 aromatic heterocycles. The van der Waals surface area contributed by atoms with Crippen LogP contribution in [0.2, 0.25) is 0 Å². The van der Waals surface area contributed by atoms with E-state index in [1.54, 1.807) is 0 Å². The van der Waals surface area contributed by atoms with Gasteiger partial charge in [0.05, 0.1) is 12.7 Å². The smallest absolute Gasteiger partial charge is 0.254 e. The van der Waals surface area contributed by atoms with E-state index in [9.17, 15) is 4.79 Å². The lowest BCUT2D eigenvalue weighted by atomic mass is 10.1. The summed E-state index contributed by atoms with van der Waals surface area (Å²) in [6.45, 7) is 6.11. The molecule has 0 radical (unpaired) electrons. The summed E-state index contributed by atoms with van der Waals surface area (Å²) in [5.41, 5.74) is 2.91. The molecule has 0 saturated carbocycles. The highest BCUT2D eigenvalue weighted by atomic mass is 16.5. The Labute approximate surface area is 114 Å². The number of hydrogen-bond donors (Lipinski definition) is 1. The molecule has 0 spiro atoms. The van der Waals surface area contributed by atoms with Crippen molar-refractivity contribution >= 4 is 11.6 Å². The lowest BCUT2D eigenvalue weighted by Gasteiger charge is -2.32. The molecule has 4 heteroatoms. The summed E-state index contributed by atoms with van der Waals surface area (Å²) in [5, 5.41) is 3.11. The van der Waals surface area contributed by atoms with Gasteiger partial charge in [-0.05, 0) is 37.1 Å². The van der Waals surface area contributed by atoms with Crippen molar-refractivity contribution in [2.24, 2.45) is 0 Å². The molecule has 1 N–H and O–H groups in total. The summed E-state index contributed by atoms with van der Waals surface area (Å²) < 4.78 is 5.60. The predicted molar refractivity (Wildman–Crippen MR) is 76.7 cm³/mol. The van der Waals surface area contributed by atoms with Crippen molar-refractivity contribution in [3.63, 3.8) is 0 Å². The summed E-state index contributed by atoms with van der Waals surface area (Å²) in [6, 6.07) is 5.79. The normalized spacial score (nSPS) is 19.3. The van der Waals surface area contributed by atoms with Crippen LogP contribution in [0.25, 0.3) is 0 Å². The Balaban J connectivity index is 2.12. The van der Waals surface area contributed by atoms with Gasteiger partial charge in [-0.15, -0.1) is 0 Å². The van der Waals surface area contributed by atoms with Crippen molar-refractivity contribution in [2.45, 2.75) is 26.4 Å². The topological polar surface area (TPSA) is 41.6 Å². The largest absolute Gasteiger partial charge is 0.388 e. The third-order valence-electron chi connectivity index (χ3n) is 3.62. The van der Waals surface area contributed by atoms with E-state index < -0.39 is 0 Å². The molecular formula is C15H22N2O2. The molecule has 1 aliphatic rings. The third kappa shape index (κ3) is 3.07. The van der Waals surface area contributed by atoms with Gasteiger partial charge in [0.2, 0.25) is 0 Å². The molecule has 0 bridgehead atoms. The average Bonchev–Trinajstić information content (AvgIpc) is 2.46. The van der Waals surface area contributed by atoms with Gasteiger partial charge in [-0.3, -0.25) is 4.79 Å². The van der Waals surface area contributed by atoms with Crippen molar-refractivity contribution < 1.29 is 9.53 Å². The first kappa shape index (κ1) is 13.9. The van der Waals surface area contributed by atoms with E-state index in [-0.39, 0.29) is 12.0 Å². The number of ether oxygens (including phenoxy) is 1. The van der Waals surface area contributed by atoms with Crippen molar-refractivity contribution in [2.75, 3.05) is 32.1 Å². The maximum absolute atomic E-state index is 12.5. The summed E-state index contributed by atoms with van der Waals surface area (Å²) in [6.07, 6.45) is 1.12. The second-order valence-corrected chi connectivity index (χ2v) is 4.93. The summed E-state index contributed by atoms with van der Waals surface area (Å²) in [7, 11) is 1.89. The van der Waals surface area contributed by atoms with Crippen LogP contribution in [0.1, 0.15) is 29.3 Å². The molecule has 1 heterocycles. The van der Waals surface area contributed by atoms with Gasteiger partial charge in [0, 0.05) is 31.4 Å². The number of carbonyl (C=O) groups is 1. The zero-order valence-electron chi connectivity index (χ0n) is 11.9. The van der Waals surface area contributed by atoms with Gasteiger partial charge in [0.25, 0.3) is 5.91 Å². The number of carbonyl (C=O) groups excluding carboxylic acids is 1. The quantitative estimate of drug-likeness (QED) is 0.908. The second kappa shape index (κ2) is 6.06. The van der Waals surface area contributed by atoms with Crippen LogP contribution in [-0.2, 0) is 4.74 Å². The molecule has 19 heavy (non-hydrogen) atoms. The van der Waals surface area contributed by atoms with Gasteiger partial charge in [-0.1, -0.05) is 6.92 Å². The van der Waals surface area contributed by atoms with E-state index in [0.29, 0.717) is 19.7 Å². The van der Waals surface area contributed by atoms with Gasteiger partial charge < -0.3 is 15.0 Å². The highest BCUT2D eigenvalue weighted by Crippen LogP contribution is 2.18. The molecule has 1 amide bonds. The molecule has 1 saturated heterocycles. The fourth-order valence-corrected chi connectivity index (χ4v) is 2.41. The molecule has 104 valence electrons. The van der Waals surface area contributed by atoms with Crippen LogP contribution in [0.3, 0.4) is 0 Å². The number of anilines is 1. The molecule has 2 rings (SSSR count). The van der Waals surface area contributed by atoms with Gasteiger partial charge in [-0.25, -0.2) is 0 Å². The lowest BCUT2D eigenvalue weighted by Crippen LogP contribution is -2.45. The standard InChI is InChI=1S/C15H22N2O2/c1-4-13-10-17(7-8-19-13)15(18)12-5-6-14(16-3)11(2)9-12/h5-6,9,13,16H,4,7-8,10H2,1-3H3. The molecule has 1 unspecified atom stereocenters. The Kier molecular flexibility index (Phi) is 4.43. The lowest BCUT2D eigenvalue weighted by molar-refractivity contribution is -0.0226. The van der Waals surface area contributed by atoms with Gasteiger partial charge in [-0.2, -0.15) is 0 Å². The molecule has 1 atom stereocenters. The Morgan fingerprint density at radius 3 is 2.95 bits per heavy atom. The predicted octanol–water partition coefficient (Wildman–Crippen LogP) is 2.29. The van der Waals surface area contributed by atoms with E-state index in [1.807, 2.05) is 37.1 Å². The maximum atomic E-state index is 12.5. The zero-order valence-corrected chi connectivity index (χ0v) is 11.9. The number of nitrogens with one attached hydrogen (secondary N) is 1. The minimum Gasteiger partial charge on any atom is -0.388 e. The SMILES string of the molecule is CCC1CN(C(=O)c2ccc(NC)c(C)c2)CCO1. The number of aryl methyl sites for hydroxylation is 1. The fraction of sp³-hybridized carbons (Fsp3) is 0.533. The molecule has 1 aliphatic heterocycles. The first-order valence-corrected chi connectivity index (χ1v) is 6.85. The zero-order chi connectivity index (χ0) is 13.8. The number of nitrogens with zero attached hydrogens (tertiary/aromatic N) is 1. The van der Waals surface area contributed by atoms with E-state index >= 15 is 0 Å². The summed E-state index contributed by atoms with van der Waals surface area (Å²) >= 11 is 0. The second-order valence-electron chi connectivity index (χ2n) is 4.93. The Morgan fingerprint density at radius 1 is 1.53 bits per heavy atom. The molecule has 1 aromatic rings. The van der Waals surface area contributed by atoms with Crippen LogP contribution >= 0.6 is 0 Å². The minimum absolute atomic E-state index is 0.104. The van der Waals surface area contributed by atoms with Crippen LogP contribution in [0.5, 0.6) is 0 Å². The van der Waals surface area contributed by atoms with Crippen molar-refractivity contribution in [1.82, 2.24) is 4.90 Å². The molecule has 1 aromatic carbocycles. The molecule has 0 aliphatic carbocycles. The number of hydrogen-bond acceptors (Lipinski definition) is 3. The van der Waals surface area contributed by atoms with Gasteiger partial charge in [0.1, 0.15) is 0 Å². The maximum Gasteiger partial charge on any atom is 0.254 e. The number of rotatable bonds is 3. The van der Waals surface area contributed by atoms with Crippen molar-refractivity contribution in [3.8, 4) is 0 Å². The Hall–Kier alpha value is -1.55. The van der Waals surface area contributed by atoms with Crippen molar-refractivity contribution in [1.29, 1.82) is 0 Å². The van der Waals surface area contributed by atoms with E-state index in [4.69, 9.17) is 4.74 Å². The van der Waals surface area contributed by atoms with E-state index in [2.05, 4.69) is 12.2 Å². The number of morpholine rings is 1. The van der Waals surface area contributed by atoms with Gasteiger partial charge in [0.15, 0.2) is 0 Å². The van der Waals surface area contributed by atoms with Crippen LogP contribution in [0, 0.1) is 6.92 Å². The molecule has 4 nitrogen and oxygen atoms in total. The number of amides is 1. The first-order chi connectivity index (χ1) is 9.15.